The van der Waals surface area contributed by atoms with Gasteiger partial charge in [-0.3, -0.25) is 0 Å². The Labute approximate surface area is 107 Å². The van der Waals surface area contributed by atoms with E-state index in [9.17, 15) is 10.2 Å². The Hall–Kier alpha value is -0.175. The zero-order valence-electron chi connectivity index (χ0n) is 10.7. The average Bonchev–Trinajstić information content (AvgIpc) is 2.31. The van der Waals surface area contributed by atoms with E-state index in [-0.39, 0.29) is 25.4 Å². The van der Waals surface area contributed by atoms with Crippen molar-refractivity contribution in [2.75, 3.05) is 13.2 Å². The highest BCUT2D eigenvalue weighted by molar-refractivity contribution is 6.47. The first kappa shape index (κ1) is 14.2. The summed E-state index contributed by atoms with van der Waals surface area (Å²) in [6, 6.07) is 0. The lowest BCUT2D eigenvalue weighted by molar-refractivity contribution is -0.154. The van der Waals surface area contributed by atoms with Gasteiger partial charge < -0.3 is 29.4 Å². The van der Waals surface area contributed by atoms with E-state index in [1.165, 1.54) is 0 Å². The Balaban J connectivity index is 2.00. The summed E-state index contributed by atoms with van der Waals surface area (Å²) in [5.74, 6) is -0.437. The van der Waals surface area contributed by atoms with Crippen LogP contribution in [-0.4, -0.2) is 66.2 Å². The van der Waals surface area contributed by atoms with Crippen molar-refractivity contribution in [3.63, 3.8) is 0 Å². The summed E-state index contributed by atoms with van der Waals surface area (Å²) in [4.78, 5) is 0. The summed E-state index contributed by atoms with van der Waals surface area (Å²) >= 11 is 0. The standard InChI is InChI=1S/C11H21BO6/c1-6-3-7(2)18-12(17-6)8-5-16-9(4-13)11(15)10(8)14/h6-11,13-15H,3-5H2,1-2H3/t6?,7?,8-,9+,10+,11+/m0/s1. The molecule has 0 saturated carbocycles. The van der Waals surface area contributed by atoms with Gasteiger partial charge in [-0.15, -0.1) is 0 Å². The molecular weight excluding hydrogens is 239 g/mol. The normalized spacial score (nSPS) is 46.2. The smallest absolute Gasteiger partial charge is 0.408 e. The first-order valence-electron chi connectivity index (χ1n) is 6.42. The molecule has 2 heterocycles. The molecule has 2 rings (SSSR count). The zero-order chi connectivity index (χ0) is 13.3. The fraction of sp³-hybridized carbons (Fsp3) is 1.00. The maximum atomic E-state index is 10.1. The van der Waals surface area contributed by atoms with Crippen molar-refractivity contribution in [2.45, 2.75) is 56.6 Å². The molecule has 0 aromatic carbocycles. The molecule has 0 amide bonds. The molecule has 7 heteroatoms. The zero-order valence-corrected chi connectivity index (χ0v) is 10.7. The van der Waals surface area contributed by atoms with Gasteiger partial charge in [-0.25, -0.2) is 0 Å². The van der Waals surface area contributed by atoms with Crippen LogP contribution in [-0.2, 0) is 14.0 Å². The molecule has 2 aliphatic heterocycles. The molecule has 0 aliphatic carbocycles. The van der Waals surface area contributed by atoms with Gasteiger partial charge in [0.05, 0.1) is 19.3 Å². The third-order valence-corrected chi connectivity index (χ3v) is 3.60. The molecule has 2 unspecified atom stereocenters. The molecule has 0 spiro atoms. The van der Waals surface area contributed by atoms with Gasteiger partial charge >= 0.3 is 7.12 Å². The van der Waals surface area contributed by atoms with Crippen molar-refractivity contribution in [3.8, 4) is 0 Å². The second-order valence-corrected chi connectivity index (χ2v) is 5.20. The number of aliphatic hydroxyl groups excluding tert-OH is 3. The van der Waals surface area contributed by atoms with Crippen molar-refractivity contribution in [2.24, 2.45) is 0 Å². The highest BCUT2D eigenvalue weighted by Crippen LogP contribution is 2.32. The summed E-state index contributed by atoms with van der Waals surface area (Å²) in [6.07, 6.45) is -1.96. The third kappa shape index (κ3) is 2.87. The summed E-state index contributed by atoms with van der Waals surface area (Å²) in [6.45, 7) is 3.79. The Kier molecular flexibility index (Phi) is 4.63. The van der Waals surface area contributed by atoms with Gasteiger partial charge in [0.25, 0.3) is 0 Å². The van der Waals surface area contributed by atoms with Crippen LogP contribution >= 0.6 is 0 Å². The van der Waals surface area contributed by atoms with Crippen LogP contribution in [0, 0.1) is 0 Å². The van der Waals surface area contributed by atoms with E-state index in [1.54, 1.807) is 0 Å². The van der Waals surface area contributed by atoms with Crippen molar-refractivity contribution in [1.29, 1.82) is 0 Å². The molecule has 18 heavy (non-hydrogen) atoms. The Bertz CT molecular complexity index is 268. The topological polar surface area (TPSA) is 88.4 Å². The molecule has 0 aromatic heterocycles. The second kappa shape index (κ2) is 5.86. The van der Waals surface area contributed by atoms with Gasteiger partial charge in [0.1, 0.15) is 12.2 Å². The van der Waals surface area contributed by atoms with Crippen LogP contribution in [0.1, 0.15) is 20.3 Å². The van der Waals surface area contributed by atoms with E-state index in [2.05, 4.69) is 0 Å². The first-order chi connectivity index (χ1) is 8.52. The van der Waals surface area contributed by atoms with Crippen LogP contribution in [0.25, 0.3) is 0 Å². The maximum Gasteiger partial charge on any atom is 0.465 e. The van der Waals surface area contributed by atoms with Gasteiger partial charge in [0.2, 0.25) is 0 Å². The van der Waals surface area contributed by atoms with E-state index in [0.29, 0.717) is 0 Å². The molecule has 2 fully saturated rings. The minimum atomic E-state index is -1.12. The molecule has 3 N–H and O–H groups in total. The summed E-state index contributed by atoms with van der Waals surface area (Å²) in [5, 5.41) is 28.9. The number of hydrogen-bond acceptors (Lipinski definition) is 6. The van der Waals surface area contributed by atoms with Crippen molar-refractivity contribution in [3.05, 3.63) is 0 Å². The van der Waals surface area contributed by atoms with E-state index >= 15 is 0 Å². The van der Waals surface area contributed by atoms with Crippen LogP contribution in [0.15, 0.2) is 0 Å². The van der Waals surface area contributed by atoms with Gasteiger partial charge in [0.15, 0.2) is 0 Å². The lowest BCUT2D eigenvalue weighted by Crippen LogP contribution is -2.56. The van der Waals surface area contributed by atoms with E-state index in [1.807, 2.05) is 13.8 Å². The molecule has 0 aromatic rings. The Morgan fingerprint density at radius 2 is 1.72 bits per heavy atom. The van der Waals surface area contributed by atoms with Crippen LogP contribution in [0.3, 0.4) is 0 Å². The molecule has 6 atom stereocenters. The molecule has 0 bridgehead atoms. The summed E-state index contributed by atoms with van der Waals surface area (Å²) in [7, 11) is -0.576. The van der Waals surface area contributed by atoms with Gasteiger partial charge in [-0.2, -0.15) is 0 Å². The minimum absolute atomic E-state index is 0.0543. The minimum Gasteiger partial charge on any atom is -0.408 e. The molecular formula is C11H21BO6. The molecule has 0 radical (unpaired) electrons. The monoisotopic (exact) mass is 260 g/mol. The highest BCUT2D eigenvalue weighted by atomic mass is 16.6. The van der Waals surface area contributed by atoms with Crippen LogP contribution in [0.2, 0.25) is 5.82 Å². The van der Waals surface area contributed by atoms with Gasteiger partial charge in [-0.05, 0) is 20.3 Å². The van der Waals surface area contributed by atoms with E-state index in [0.717, 1.165) is 6.42 Å². The fourth-order valence-electron chi connectivity index (χ4n) is 2.58. The van der Waals surface area contributed by atoms with Gasteiger partial charge in [0, 0.05) is 18.0 Å². The predicted molar refractivity (Wildman–Crippen MR) is 64.1 cm³/mol. The highest BCUT2D eigenvalue weighted by Gasteiger charge is 2.48. The molecule has 104 valence electrons. The first-order valence-corrected chi connectivity index (χ1v) is 6.42. The van der Waals surface area contributed by atoms with Crippen molar-refractivity contribution >= 4 is 7.12 Å². The Morgan fingerprint density at radius 3 is 2.28 bits per heavy atom. The number of rotatable bonds is 2. The lowest BCUT2D eigenvalue weighted by Gasteiger charge is -2.41. The Morgan fingerprint density at radius 1 is 1.11 bits per heavy atom. The average molecular weight is 260 g/mol. The molecule has 6 nitrogen and oxygen atoms in total. The lowest BCUT2D eigenvalue weighted by atomic mass is 9.65. The van der Waals surface area contributed by atoms with E-state index in [4.69, 9.17) is 19.2 Å². The number of aliphatic hydroxyl groups is 3. The predicted octanol–water partition coefficient (Wildman–Crippen LogP) is -0.828. The number of hydrogen-bond donors (Lipinski definition) is 3. The molecule has 2 saturated heterocycles. The van der Waals surface area contributed by atoms with E-state index < -0.39 is 31.2 Å². The quantitative estimate of drug-likeness (QED) is 0.562. The summed E-state index contributed by atoms with van der Waals surface area (Å²) in [5.41, 5.74) is 0. The maximum absolute atomic E-state index is 10.1. The summed E-state index contributed by atoms with van der Waals surface area (Å²) < 4.78 is 16.6. The number of ether oxygens (including phenoxy) is 1. The van der Waals surface area contributed by atoms with Crippen LogP contribution in [0.5, 0.6) is 0 Å². The van der Waals surface area contributed by atoms with Crippen molar-refractivity contribution < 1.29 is 29.4 Å². The fourth-order valence-corrected chi connectivity index (χ4v) is 2.58. The van der Waals surface area contributed by atoms with Gasteiger partial charge in [-0.1, -0.05) is 0 Å². The van der Waals surface area contributed by atoms with Crippen LogP contribution in [0.4, 0.5) is 0 Å². The largest absolute Gasteiger partial charge is 0.465 e. The third-order valence-electron chi connectivity index (χ3n) is 3.60. The molecule has 2 aliphatic rings. The van der Waals surface area contributed by atoms with Crippen molar-refractivity contribution in [1.82, 2.24) is 0 Å². The second-order valence-electron chi connectivity index (χ2n) is 5.20. The SMILES string of the molecule is CC1CC(C)OB([C@H]2CO[C@H](CO)[C@@H](O)[C@@H]2O)O1. The van der Waals surface area contributed by atoms with Crippen LogP contribution < -0.4 is 0 Å².